The van der Waals surface area contributed by atoms with Gasteiger partial charge in [-0.2, -0.15) is 0 Å². The molecule has 0 saturated carbocycles. The van der Waals surface area contributed by atoms with Crippen LogP contribution in [0, 0.1) is 0 Å². The summed E-state index contributed by atoms with van der Waals surface area (Å²) in [4.78, 5) is 21.5. The highest BCUT2D eigenvalue weighted by Crippen LogP contribution is 1.99. The summed E-state index contributed by atoms with van der Waals surface area (Å²) in [6, 6.07) is 0. The molecule has 0 spiro atoms. The molecule has 0 aromatic rings. The number of hydrogen-bond acceptors (Lipinski definition) is 3. The van der Waals surface area contributed by atoms with E-state index in [1.807, 2.05) is 0 Å². The number of hydrogen-bond donors (Lipinski definition) is 1. The molecule has 5 heteroatoms. The van der Waals surface area contributed by atoms with E-state index in [0.717, 1.165) is 0 Å². The van der Waals surface area contributed by atoms with Crippen LogP contribution in [0.15, 0.2) is 0 Å². The molecule has 1 N–H and O–H groups in total. The molecule has 0 aromatic heterocycles. The second-order valence-electron chi connectivity index (χ2n) is 2.25. The van der Waals surface area contributed by atoms with E-state index in [4.69, 9.17) is 4.74 Å². The van der Waals surface area contributed by atoms with E-state index in [2.05, 4.69) is 5.43 Å². The van der Waals surface area contributed by atoms with Crippen molar-refractivity contribution in [1.82, 2.24) is 10.4 Å². The second-order valence-corrected chi connectivity index (χ2v) is 2.25. The Balaban J connectivity index is 0.00000121. The first-order chi connectivity index (χ1) is 5.24. The SMILES string of the molecule is COCCN1NC(=O)CC1=O.[HH]. The fraction of sp³-hybridized carbons (Fsp3) is 0.667. The van der Waals surface area contributed by atoms with Crippen LogP contribution in [0.3, 0.4) is 0 Å². The Morgan fingerprint density at radius 1 is 1.73 bits per heavy atom. The molecule has 5 nitrogen and oxygen atoms in total. The van der Waals surface area contributed by atoms with Gasteiger partial charge in [-0.15, -0.1) is 0 Å². The summed E-state index contributed by atoms with van der Waals surface area (Å²) in [5.41, 5.74) is 2.40. The second kappa shape index (κ2) is 3.34. The van der Waals surface area contributed by atoms with Crippen molar-refractivity contribution < 1.29 is 15.8 Å². The molecule has 2 amide bonds. The maximum atomic E-state index is 10.9. The quantitative estimate of drug-likeness (QED) is 0.547. The first-order valence-electron chi connectivity index (χ1n) is 3.33. The van der Waals surface area contributed by atoms with E-state index in [-0.39, 0.29) is 19.7 Å². The molecule has 0 aliphatic carbocycles. The van der Waals surface area contributed by atoms with Gasteiger partial charge in [0.25, 0.3) is 5.91 Å². The first kappa shape index (κ1) is 8.00. The Labute approximate surface area is 65.8 Å². The number of rotatable bonds is 3. The molecule has 0 radical (unpaired) electrons. The molecule has 1 rings (SSSR count). The third kappa shape index (κ3) is 1.91. The number of hydrazine groups is 1. The summed E-state index contributed by atoms with van der Waals surface area (Å²) in [5.74, 6) is -0.432. The zero-order chi connectivity index (χ0) is 8.27. The van der Waals surface area contributed by atoms with E-state index in [1.165, 1.54) is 5.01 Å². The van der Waals surface area contributed by atoms with Crippen molar-refractivity contribution in [3.8, 4) is 0 Å². The van der Waals surface area contributed by atoms with Gasteiger partial charge in [0.1, 0.15) is 6.42 Å². The van der Waals surface area contributed by atoms with Crippen LogP contribution in [0.5, 0.6) is 0 Å². The summed E-state index contributed by atoms with van der Waals surface area (Å²) in [7, 11) is 1.54. The number of carbonyl (C=O) groups excluding carboxylic acids is 2. The van der Waals surface area contributed by atoms with Gasteiger partial charge in [-0.25, -0.2) is 0 Å². The molecular formula is C6H12N2O3. The molecule has 0 atom stereocenters. The minimum Gasteiger partial charge on any atom is -0.383 e. The Morgan fingerprint density at radius 3 is 2.91 bits per heavy atom. The highest BCUT2D eigenvalue weighted by molar-refractivity contribution is 6.02. The minimum atomic E-state index is -0.244. The van der Waals surface area contributed by atoms with Crippen LogP contribution in [0.1, 0.15) is 7.85 Å². The van der Waals surface area contributed by atoms with Gasteiger partial charge in [0, 0.05) is 8.54 Å². The third-order valence-corrected chi connectivity index (χ3v) is 1.39. The summed E-state index contributed by atoms with van der Waals surface area (Å²) >= 11 is 0. The standard InChI is InChI=1S/C6H10N2O3.H2/c1-11-3-2-8-6(10)4-5(9)7-8;/h2-4H2,1H3,(H,7,9);1H. The van der Waals surface area contributed by atoms with Crippen molar-refractivity contribution in [1.29, 1.82) is 0 Å². The normalized spacial score (nSPS) is 17.4. The largest absolute Gasteiger partial charge is 0.383 e. The molecule has 1 aliphatic rings. The predicted molar refractivity (Wildman–Crippen MR) is 38.5 cm³/mol. The monoisotopic (exact) mass is 160 g/mol. The van der Waals surface area contributed by atoms with Gasteiger partial charge in [-0.3, -0.25) is 20.0 Å². The zero-order valence-electron chi connectivity index (χ0n) is 6.29. The molecule has 0 aromatic carbocycles. The molecule has 1 saturated heterocycles. The third-order valence-electron chi connectivity index (χ3n) is 1.39. The highest BCUT2D eigenvalue weighted by atomic mass is 16.5. The lowest BCUT2D eigenvalue weighted by Gasteiger charge is -2.13. The van der Waals surface area contributed by atoms with Crippen LogP contribution >= 0.6 is 0 Å². The number of carbonyl (C=O) groups is 2. The van der Waals surface area contributed by atoms with Crippen LogP contribution in [0.2, 0.25) is 0 Å². The van der Waals surface area contributed by atoms with Crippen molar-refractivity contribution >= 4 is 11.8 Å². The average molecular weight is 160 g/mol. The number of nitrogens with one attached hydrogen (secondary N) is 1. The van der Waals surface area contributed by atoms with E-state index < -0.39 is 0 Å². The van der Waals surface area contributed by atoms with Gasteiger partial charge in [-0.05, 0) is 0 Å². The van der Waals surface area contributed by atoms with E-state index in [9.17, 15) is 9.59 Å². The maximum absolute atomic E-state index is 10.9. The van der Waals surface area contributed by atoms with E-state index in [1.54, 1.807) is 7.11 Å². The highest BCUT2D eigenvalue weighted by Gasteiger charge is 2.25. The van der Waals surface area contributed by atoms with Crippen LogP contribution < -0.4 is 5.43 Å². The smallest absolute Gasteiger partial charge is 0.250 e. The Kier molecular flexibility index (Phi) is 2.43. The lowest BCUT2D eigenvalue weighted by Crippen LogP contribution is -2.38. The lowest BCUT2D eigenvalue weighted by molar-refractivity contribution is -0.130. The van der Waals surface area contributed by atoms with E-state index in [0.29, 0.717) is 13.2 Å². The molecule has 1 heterocycles. The topological polar surface area (TPSA) is 58.6 Å². The summed E-state index contributed by atoms with van der Waals surface area (Å²) in [6.07, 6.45) is -0.0380. The average Bonchev–Trinajstić information content (AvgIpc) is 2.26. The maximum Gasteiger partial charge on any atom is 0.250 e. The molecule has 0 bridgehead atoms. The predicted octanol–water partition coefficient (Wildman–Crippen LogP) is -0.858. The molecule has 11 heavy (non-hydrogen) atoms. The number of methoxy groups -OCH3 is 1. The fourth-order valence-electron chi connectivity index (χ4n) is 0.848. The van der Waals surface area contributed by atoms with Crippen molar-refractivity contribution in [3.05, 3.63) is 0 Å². The molecule has 1 fully saturated rings. The van der Waals surface area contributed by atoms with Crippen LogP contribution in [-0.2, 0) is 14.3 Å². The van der Waals surface area contributed by atoms with Gasteiger partial charge in [0.2, 0.25) is 5.91 Å². The zero-order valence-corrected chi connectivity index (χ0v) is 6.29. The van der Waals surface area contributed by atoms with Crippen molar-refractivity contribution in [2.75, 3.05) is 20.3 Å². The van der Waals surface area contributed by atoms with Crippen LogP contribution in [-0.4, -0.2) is 37.1 Å². The molecule has 1 aliphatic heterocycles. The minimum absolute atomic E-state index is 0. The first-order valence-corrected chi connectivity index (χ1v) is 3.33. The number of nitrogens with zero attached hydrogens (tertiary/aromatic N) is 1. The van der Waals surface area contributed by atoms with Gasteiger partial charge < -0.3 is 4.74 Å². The van der Waals surface area contributed by atoms with Crippen molar-refractivity contribution in [3.63, 3.8) is 0 Å². The van der Waals surface area contributed by atoms with Gasteiger partial charge in [0.15, 0.2) is 0 Å². The van der Waals surface area contributed by atoms with Crippen molar-refractivity contribution in [2.45, 2.75) is 6.42 Å². The van der Waals surface area contributed by atoms with Gasteiger partial charge in [0.05, 0.1) is 13.2 Å². The van der Waals surface area contributed by atoms with Crippen LogP contribution in [0.4, 0.5) is 0 Å². The number of amides is 2. The molecule has 0 unspecified atom stereocenters. The Hall–Kier alpha value is -1.10. The van der Waals surface area contributed by atoms with Crippen LogP contribution in [0.25, 0.3) is 0 Å². The summed E-state index contributed by atoms with van der Waals surface area (Å²) < 4.78 is 4.74. The Morgan fingerprint density at radius 2 is 2.45 bits per heavy atom. The van der Waals surface area contributed by atoms with E-state index >= 15 is 0 Å². The summed E-state index contributed by atoms with van der Waals surface area (Å²) in [6.45, 7) is 0.854. The summed E-state index contributed by atoms with van der Waals surface area (Å²) in [5, 5.41) is 1.27. The Bertz CT molecular complexity index is 186. The lowest BCUT2D eigenvalue weighted by atomic mass is 10.4. The molecular weight excluding hydrogens is 148 g/mol. The van der Waals surface area contributed by atoms with Gasteiger partial charge >= 0.3 is 0 Å². The fourth-order valence-corrected chi connectivity index (χ4v) is 0.848. The van der Waals surface area contributed by atoms with Crippen molar-refractivity contribution in [2.24, 2.45) is 0 Å². The van der Waals surface area contributed by atoms with Gasteiger partial charge in [-0.1, -0.05) is 0 Å². The number of ether oxygens (including phenoxy) is 1. The molecule has 64 valence electrons.